The molecule has 1 aromatic carbocycles. The van der Waals surface area contributed by atoms with Gasteiger partial charge < -0.3 is 10.4 Å². The molecular formula is C12H8ClFN2O2. The minimum atomic E-state index is -1.15. The Balaban J connectivity index is 2.34. The van der Waals surface area contributed by atoms with Crippen LogP contribution in [0.2, 0.25) is 5.02 Å². The van der Waals surface area contributed by atoms with E-state index in [-0.39, 0.29) is 16.4 Å². The molecule has 6 heteroatoms. The van der Waals surface area contributed by atoms with Crippen LogP contribution in [0.3, 0.4) is 0 Å². The summed E-state index contributed by atoms with van der Waals surface area (Å²) in [5.41, 5.74) is 0.364. The Morgan fingerprint density at radius 3 is 2.83 bits per heavy atom. The molecule has 18 heavy (non-hydrogen) atoms. The molecule has 0 saturated heterocycles. The predicted molar refractivity (Wildman–Crippen MR) is 65.9 cm³/mol. The molecule has 1 aromatic heterocycles. The van der Waals surface area contributed by atoms with Crippen LogP contribution in [-0.4, -0.2) is 16.1 Å². The molecule has 2 rings (SSSR count). The standard InChI is InChI=1S/C12H8ClFN2O2/c13-8-2-1-3-9(14)11(8)16-7-4-5-15-10(6-7)12(17)18/h1-6H,(H,15,16)(H,17,18). The fourth-order valence-electron chi connectivity index (χ4n) is 1.39. The lowest BCUT2D eigenvalue weighted by molar-refractivity contribution is 0.0690. The van der Waals surface area contributed by atoms with Crippen LogP contribution in [0.4, 0.5) is 15.8 Å². The summed E-state index contributed by atoms with van der Waals surface area (Å²) in [7, 11) is 0. The maximum atomic E-state index is 13.5. The third kappa shape index (κ3) is 2.57. The van der Waals surface area contributed by atoms with E-state index < -0.39 is 11.8 Å². The van der Waals surface area contributed by atoms with Crippen LogP contribution in [0, 0.1) is 5.82 Å². The predicted octanol–water partition coefficient (Wildman–Crippen LogP) is 3.32. The number of halogens is 2. The fraction of sp³-hybridized carbons (Fsp3) is 0. The molecule has 2 aromatic rings. The Morgan fingerprint density at radius 1 is 1.39 bits per heavy atom. The number of hydrogen-bond acceptors (Lipinski definition) is 3. The Bertz CT molecular complexity index is 584. The fourth-order valence-corrected chi connectivity index (χ4v) is 1.60. The molecule has 0 radical (unpaired) electrons. The number of benzene rings is 1. The zero-order valence-corrected chi connectivity index (χ0v) is 9.78. The second kappa shape index (κ2) is 5.01. The quantitative estimate of drug-likeness (QED) is 0.895. The SMILES string of the molecule is O=C(O)c1cc(Nc2c(F)cccc2Cl)ccn1. The first-order valence-corrected chi connectivity index (χ1v) is 5.36. The number of pyridine rings is 1. The molecule has 0 amide bonds. The number of carbonyl (C=O) groups is 1. The van der Waals surface area contributed by atoms with Crippen molar-refractivity contribution in [2.75, 3.05) is 5.32 Å². The molecule has 0 unspecified atom stereocenters. The Kier molecular flexibility index (Phi) is 3.43. The number of anilines is 2. The summed E-state index contributed by atoms with van der Waals surface area (Å²) in [6, 6.07) is 7.10. The van der Waals surface area contributed by atoms with E-state index in [1.165, 1.54) is 36.5 Å². The first-order chi connectivity index (χ1) is 8.58. The number of nitrogens with zero attached hydrogens (tertiary/aromatic N) is 1. The number of hydrogen-bond donors (Lipinski definition) is 2. The number of rotatable bonds is 3. The number of para-hydroxylation sites is 1. The van der Waals surface area contributed by atoms with E-state index in [4.69, 9.17) is 16.7 Å². The van der Waals surface area contributed by atoms with Gasteiger partial charge in [0.05, 0.1) is 10.7 Å². The maximum absolute atomic E-state index is 13.5. The minimum absolute atomic E-state index is 0.0988. The molecule has 0 spiro atoms. The molecule has 0 aliphatic rings. The summed E-state index contributed by atoms with van der Waals surface area (Å²) in [5, 5.41) is 11.7. The molecule has 0 aliphatic carbocycles. The number of carboxylic acid groups (broad SMARTS) is 1. The second-order valence-electron chi connectivity index (χ2n) is 3.46. The lowest BCUT2D eigenvalue weighted by Crippen LogP contribution is -2.02. The van der Waals surface area contributed by atoms with Crippen molar-refractivity contribution < 1.29 is 14.3 Å². The molecule has 4 nitrogen and oxygen atoms in total. The van der Waals surface area contributed by atoms with E-state index in [0.717, 1.165) is 0 Å². The van der Waals surface area contributed by atoms with Crippen molar-refractivity contribution in [2.24, 2.45) is 0 Å². The molecule has 92 valence electrons. The summed E-state index contributed by atoms with van der Waals surface area (Å²) in [4.78, 5) is 14.4. The number of aromatic carboxylic acids is 1. The van der Waals surface area contributed by atoms with E-state index in [1.54, 1.807) is 0 Å². The van der Waals surface area contributed by atoms with Crippen LogP contribution in [0.25, 0.3) is 0 Å². The Labute approximate surface area is 107 Å². The highest BCUT2D eigenvalue weighted by Gasteiger charge is 2.09. The zero-order valence-electron chi connectivity index (χ0n) is 9.02. The highest BCUT2D eigenvalue weighted by molar-refractivity contribution is 6.33. The van der Waals surface area contributed by atoms with Gasteiger partial charge in [-0.25, -0.2) is 14.2 Å². The maximum Gasteiger partial charge on any atom is 0.354 e. The van der Waals surface area contributed by atoms with Crippen LogP contribution in [0.1, 0.15) is 10.5 Å². The van der Waals surface area contributed by atoms with Gasteiger partial charge in [0, 0.05) is 11.9 Å². The van der Waals surface area contributed by atoms with Crippen LogP contribution >= 0.6 is 11.6 Å². The lowest BCUT2D eigenvalue weighted by atomic mass is 10.2. The molecule has 0 atom stereocenters. The highest BCUT2D eigenvalue weighted by atomic mass is 35.5. The van der Waals surface area contributed by atoms with Gasteiger partial charge in [-0.3, -0.25) is 0 Å². The van der Waals surface area contributed by atoms with Crippen molar-refractivity contribution >= 4 is 28.9 Å². The van der Waals surface area contributed by atoms with Crippen LogP contribution in [-0.2, 0) is 0 Å². The topological polar surface area (TPSA) is 62.2 Å². The van der Waals surface area contributed by atoms with Crippen LogP contribution in [0.5, 0.6) is 0 Å². The van der Waals surface area contributed by atoms with Gasteiger partial charge in [-0.1, -0.05) is 17.7 Å². The van der Waals surface area contributed by atoms with E-state index >= 15 is 0 Å². The monoisotopic (exact) mass is 266 g/mol. The molecule has 0 bridgehead atoms. The van der Waals surface area contributed by atoms with E-state index in [2.05, 4.69) is 10.3 Å². The van der Waals surface area contributed by atoms with Gasteiger partial charge in [-0.05, 0) is 24.3 Å². The summed E-state index contributed by atoms with van der Waals surface area (Å²) in [5.74, 6) is -1.67. The first kappa shape index (κ1) is 12.3. The van der Waals surface area contributed by atoms with Gasteiger partial charge in [0.25, 0.3) is 0 Å². The van der Waals surface area contributed by atoms with Gasteiger partial charge in [0.15, 0.2) is 0 Å². The number of carboxylic acids is 1. The first-order valence-electron chi connectivity index (χ1n) is 4.98. The number of nitrogens with one attached hydrogen (secondary N) is 1. The van der Waals surface area contributed by atoms with E-state index in [0.29, 0.717) is 5.69 Å². The largest absolute Gasteiger partial charge is 0.477 e. The summed E-state index contributed by atoms with van der Waals surface area (Å²) in [6.07, 6.45) is 1.32. The van der Waals surface area contributed by atoms with Gasteiger partial charge in [0.2, 0.25) is 0 Å². The summed E-state index contributed by atoms with van der Waals surface area (Å²) >= 11 is 5.85. The van der Waals surface area contributed by atoms with Gasteiger partial charge in [-0.2, -0.15) is 0 Å². The molecule has 1 heterocycles. The van der Waals surface area contributed by atoms with E-state index in [1.807, 2.05) is 0 Å². The molecule has 0 fully saturated rings. The third-order valence-corrected chi connectivity index (χ3v) is 2.53. The van der Waals surface area contributed by atoms with Crippen LogP contribution < -0.4 is 5.32 Å². The van der Waals surface area contributed by atoms with Crippen molar-refractivity contribution in [2.45, 2.75) is 0 Å². The second-order valence-corrected chi connectivity index (χ2v) is 3.86. The summed E-state index contributed by atoms with van der Waals surface area (Å²) in [6.45, 7) is 0. The normalized spacial score (nSPS) is 10.1. The Hall–Kier alpha value is -2.14. The van der Waals surface area contributed by atoms with Crippen LogP contribution in [0.15, 0.2) is 36.5 Å². The van der Waals surface area contributed by atoms with Crippen molar-refractivity contribution in [1.82, 2.24) is 4.98 Å². The van der Waals surface area contributed by atoms with Crippen molar-refractivity contribution in [1.29, 1.82) is 0 Å². The van der Waals surface area contributed by atoms with Gasteiger partial charge in [-0.15, -0.1) is 0 Å². The number of aromatic nitrogens is 1. The highest BCUT2D eigenvalue weighted by Crippen LogP contribution is 2.28. The van der Waals surface area contributed by atoms with Crippen molar-refractivity contribution in [3.63, 3.8) is 0 Å². The van der Waals surface area contributed by atoms with Gasteiger partial charge in [0.1, 0.15) is 11.5 Å². The average Bonchev–Trinajstić information content (AvgIpc) is 2.34. The molecule has 0 saturated carbocycles. The third-order valence-electron chi connectivity index (χ3n) is 2.21. The average molecular weight is 267 g/mol. The lowest BCUT2D eigenvalue weighted by Gasteiger charge is -2.09. The van der Waals surface area contributed by atoms with E-state index in [9.17, 15) is 9.18 Å². The van der Waals surface area contributed by atoms with Crippen molar-refractivity contribution in [3.05, 3.63) is 53.1 Å². The smallest absolute Gasteiger partial charge is 0.354 e. The Morgan fingerprint density at radius 2 is 2.17 bits per heavy atom. The summed E-state index contributed by atoms with van der Waals surface area (Å²) < 4.78 is 13.5. The van der Waals surface area contributed by atoms with Crippen molar-refractivity contribution in [3.8, 4) is 0 Å². The molecular weight excluding hydrogens is 259 g/mol. The van der Waals surface area contributed by atoms with Gasteiger partial charge >= 0.3 is 5.97 Å². The molecule has 2 N–H and O–H groups in total. The minimum Gasteiger partial charge on any atom is -0.477 e. The molecule has 0 aliphatic heterocycles. The zero-order chi connectivity index (χ0) is 13.1.